The molecule has 0 aliphatic carbocycles. The third-order valence-electron chi connectivity index (χ3n) is 5.57. The van der Waals surface area contributed by atoms with E-state index in [2.05, 4.69) is 15.9 Å². The van der Waals surface area contributed by atoms with E-state index in [0.717, 1.165) is 10.0 Å². The number of nitrogens with zero attached hydrogens (tertiary/aromatic N) is 1. The Labute approximate surface area is 161 Å². The van der Waals surface area contributed by atoms with Gasteiger partial charge in [-0.2, -0.15) is 0 Å². The van der Waals surface area contributed by atoms with Gasteiger partial charge in [0.1, 0.15) is 11.5 Å². The maximum Gasteiger partial charge on any atom is 0.313 e. The van der Waals surface area contributed by atoms with Crippen LogP contribution in [0.4, 0.5) is 0 Å². The first-order valence-corrected chi connectivity index (χ1v) is 9.75. The molecule has 0 radical (unpaired) electrons. The zero-order chi connectivity index (χ0) is 18.6. The molecular weight excluding hydrogens is 398 g/mol. The lowest BCUT2D eigenvalue weighted by Gasteiger charge is -2.27. The lowest BCUT2D eigenvalue weighted by molar-refractivity contribution is -0.157. The summed E-state index contributed by atoms with van der Waals surface area (Å²) in [6.07, 6.45) is 3.30. The predicted molar refractivity (Wildman–Crippen MR) is 99.2 cm³/mol. The fraction of sp³-hybridized carbons (Fsp3) is 0.500. The van der Waals surface area contributed by atoms with Gasteiger partial charge in [-0.25, -0.2) is 0 Å². The van der Waals surface area contributed by atoms with E-state index in [1.165, 1.54) is 0 Å². The van der Waals surface area contributed by atoms with Gasteiger partial charge in [-0.3, -0.25) is 9.59 Å². The van der Waals surface area contributed by atoms with Crippen molar-refractivity contribution in [1.29, 1.82) is 0 Å². The van der Waals surface area contributed by atoms with E-state index in [4.69, 9.17) is 9.47 Å². The number of carbonyl (C=O) groups excluding carboxylic acids is 2. The second-order valence-corrected chi connectivity index (χ2v) is 8.49. The Morgan fingerprint density at radius 1 is 1.31 bits per heavy atom. The van der Waals surface area contributed by atoms with Crippen molar-refractivity contribution in [1.82, 2.24) is 4.90 Å². The summed E-state index contributed by atoms with van der Waals surface area (Å²) in [6, 6.07) is 7.86. The van der Waals surface area contributed by atoms with Crippen LogP contribution in [-0.4, -0.2) is 41.1 Å². The Bertz CT molecular complexity index is 775. The van der Waals surface area contributed by atoms with Crippen molar-refractivity contribution in [2.24, 2.45) is 11.8 Å². The SMILES string of the molecule is CC(C)OC(=O)[C@@H]1[C@H]2C(=O)N([C@@H](C)c3ccc(Br)cc3)C[C@]23C=C[C@H]1O3. The van der Waals surface area contributed by atoms with Gasteiger partial charge in [-0.1, -0.05) is 40.2 Å². The van der Waals surface area contributed by atoms with Crippen LogP contribution >= 0.6 is 15.9 Å². The smallest absolute Gasteiger partial charge is 0.313 e. The van der Waals surface area contributed by atoms with Crippen molar-refractivity contribution in [2.75, 3.05) is 6.54 Å². The zero-order valence-corrected chi connectivity index (χ0v) is 16.6. The lowest BCUT2D eigenvalue weighted by Crippen LogP contribution is -2.40. The number of fused-ring (bicyclic) bond motifs is 1. The third kappa shape index (κ3) is 2.62. The molecule has 3 aliphatic rings. The predicted octanol–water partition coefficient (Wildman–Crippen LogP) is 3.24. The summed E-state index contributed by atoms with van der Waals surface area (Å²) in [6.45, 7) is 6.11. The van der Waals surface area contributed by atoms with Crippen molar-refractivity contribution >= 4 is 27.8 Å². The van der Waals surface area contributed by atoms with Crippen molar-refractivity contribution in [3.05, 3.63) is 46.5 Å². The topological polar surface area (TPSA) is 55.8 Å². The number of amides is 1. The summed E-state index contributed by atoms with van der Waals surface area (Å²) in [4.78, 5) is 27.7. The highest BCUT2D eigenvalue weighted by atomic mass is 79.9. The summed E-state index contributed by atoms with van der Waals surface area (Å²) in [5.74, 6) is -1.43. The van der Waals surface area contributed by atoms with Crippen LogP contribution in [0, 0.1) is 11.8 Å². The number of carbonyl (C=O) groups is 2. The number of ether oxygens (including phenoxy) is 2. The molecule has 6 heteroatoms. The first-order chi connectivity index (χ1) is 12.3. The molecule has 0 aromatic heterocycles. The highest BCUT2D eigenvalue weighted by Gasteiger charge is 2.67. The molecule has 2 fully saturated rings. The van der Waals surface area contributed by atoms with E-state index < -0.39 is 17.4 Å². The minimum Gasteiger partial charge on any atom is -0.463 e. The van der Waals surface area contributed by atoms with Gasteiger partial charge in [0.15, 0.2) is 0 Å². The van der Waals surface area contributed by atoms with Crippen LogP contribution in [0.15, 0.2) is 40.9 Å². The first kappa shape index (κ1) is 17.7. The molecule has 3 heterocycles. The summed E-state index contributed by atoms with van der Waals surface area (Å²) in [5, 5.41) is 0. The normalized spacial score (nSPS) is 33.0. The quantitative estimate of drug-likeness (QED) is 0.555. The fourth-order valence-electron chi connectivity index (χ4n) is 4.36. The van der Waals surface area contributed by atoms with Gasteiger partial charge in [0.2, 0.25) is 5.91 Å². The Morgan fingerprint density at radius 3 is 2.65 bits per heavy atom. The van der Waals surface area contributed by atoms with Crippen LogP contribution < -0.4 is 0 Å². The number of hydrogen-bond donors (Lipinski definition) is 0. The van der Waals surface area contributed by atoms with Crippen molar-refractivity contribution in [3.63, 3.8) is 0 Å². The monoisotopic (exact) mass is 419 g/mol. The summed E-state index contributed by atoms with van der Waals surface area (Å²) in [5.41, 5.74) is 0.351. The van der Waals surface area contributed by atoms with E-state index in [9.17, 15) is 9.59 Å². The maximum atomic E-state index is 13.2. The molecule has 0 N–H and O–H groups in total. The van der Waals surface area contributed by atoms with E-state index in [1.54, 1.807) is 0 Å². The average molecular weight is 420 g/mol. The largest absolute Gasteiger partial charge is 0.463 e. The second kappa shape index (κ2) is 6.20. The van der Waals surface area contributed by atoms with Gasteiger partial charge < -0.3 is 14.4 Å². The Kier molecular flexibility index (Phi) is 4.23. The average Bonchev–Trinajstić information content (AvgIpc) is 3.22. The molecule has 2 bridgehead atoms. The van der Waals surface area contributed by atoms with Crippen LogP contribution in [-0.2, 0) is 19.1 Å². The molecule has 2 saturated heterocycles. The Balaban J connectivity index is 1.61. The van der Waals surface area contributed by atoms with Gasteiger partial charge in [0, 0.05) is 4.47 Å². The number of hydrogen-bond acceptors (Lipinski definition) is 4. The molecule has 0 unspecified atom stereocenters. The molecule has 5 nitrogen and oxygen atoms in total. The van der Waals surface area contributed by atoms with Gasteiger partial charge >= 0.3 is 5.97 Å². The second-order valence-electron chi connectivity index (χ2n) is 7.58. The van der Waals surface area contributed by atoms with Crippen molar-refractivity contribution in [2.45, 2.75) is 44.6 Å². The Hall–Kier alpha value is -1.66. The number of rotatable bonds is 4. The minimum absolute atomic E-state index is 0.0297. The molecule has 1 spiro atoms. The van der Waals surface area contributed by atoms with E-state index >= 15 is 0 Å². The molecule has 0 saturated carbocycles. The van der Waals surface area contributed by atoms with Crippen molar-refractivity contribution in [3.8, 4) is 0 Å². The molecule has 1 aromatic carbocycles. The van der Waals surface area contributed by atoms with Crippen molar-refractivity contribution < 1.29 is 19.1 Å². The zero-order valence-electron chi connectivity index (χ0n) is 15.0. The number of likely N-dealkylation sites (tertiary alicyclic amines) is 1. The fourth-order valence-corrected chi connectivity index (χ4v) is 4.62. The molecule has 3 aliphatic heterocycles. The number of halogens is 1. The standard InChI is InChI=1S/C20H22BrNO4/c1-11(2)25-19(24)16-15-8-9-20(26-15)10-22(18(23)17(16)20)12(3)13-4-6-14(21)7-5-13/h4-9,11-12,15-17H,10H2,1-3H3/t12-,15+,16-,17-,20+/m0/s1. The first-order valence-electron chi connectivity index (χ1n) is 8.96. The highest BCUT2D eigenvalue weighted by Crippen LogP contribution is 2.53. The van der Waals surface area contributed by atoms with Gasteiger partial charge in [-0.05, 0) is 38.5 Å². The van der Waals surface area contributed by atoms with Gasteiger partial charge in [-0.15, -0.1) is 0 Å². The number of esters is 1. The molecule has 4 rings (SSSR count). The molecule has 1 amide bonds. The molecule has 1 aromatic rings. The molecule has 26 heavy (non-hydrogen) atoms. The molecule has 5 atom stereocenters. The summed E-state index contributed by atoms with van der Waals surface area (Å²) >= 11 is 3.44. The maximum absolute atomic E-state index is 13.2. The van der Waals surface area contributed by atoms with E-state index in [1.807, 2.05) is 62.1 Å². The highest BCUT2D eigenvalue weighted by molar-refractivity contribution is 9.10. The third-order valence-corrected chi connectivity index (χ3v) is 6.10. The van der Waals surface area contributed by atoms with Crippen LogP contribution in [0.5, 0.6) is 0 Å². The molecular formula is C20H22BrNO4. The lowest BCUT2D eigenvalue weighted by atomic mass is 9.77. The van der Waals surface area contributed by atoms with E-state index in [0.29, 0.717) is 6.54 Å². The molecule has 138 valence electrons. The number of benzene rings is 1. The van der Waals surface area contributed by atoms with E-state index in [-0.39, 0.29) is 30.1 Å². The van der Waals surface area contributed by atoms with Gasteiger partial charge in [0.05, 0.1) is 30.7 Å². The van der Waals surface area contributed by atoms with Gasteiger partial charge in [0.25, 0.3) is 0 Å². The van der Waals surface area contributed by atoms with Crippen LogP contribution in [0.1, 0.15) is 32.4 Å². The Morgan fingerprint density at radius 2 is 2.00 bits per heavy atom. The summed E-state index contributed by atoms with van der Waals surface area (Å²) in [7, 11) is 0. The van der Waals surface area contributed by atoms with Crippen LogP contribution in [0.25, 0.3) is 0 Å². The van der Waals surface area contributed by atoms with Crippen LogP contribution in [0.3, 0.4) is 0 Å². The summed E-state index contributed by atoms with van der Waals surface area (Å²) < 4.78 is 12.5. The minimum atomic E-state index is -0.702. The van der Waals surface area contributed by atoms with Crippen LogP contribution in [0.2, 0.25) is 0 Å².